The van der Waals surface area contributed by atoms with E-state index in [1.165, 1.54) is 6.42 Å². The molecule has 0 spiro atoms. The third-order valence-corrected chi connectivity index (χ3v) is 3.91. The number of rotatable bonds is 9. The van der Waals surface area contributed by atoms with Gasteiger partial charge in [0.2, 0.25) is 0 Å². The van der Waals surface area contributed by atoms with Crippen molar-refractivity contribution in [1.82, 2.24) is 0 Å². The minimum absolute atomic E-state index is 0.0499. The fourth-order valence-electron chi connectivity index (χ4n) is 2.13. The fourth-order valence-corrected chi connectivity index (χ4v) is 2.72. The van der Waals surface area contributed by atoms with Crippen molar-refractivity contribution in [2.24, 2.45) is 5.73 Å². The maximum absolute atomic E-state index is 8.84. The van der Waals surface area contributed by atoms with Gasteiger partial charge in [0, 0.05) is 0 Å². The Balaban J connectivity index is 1.83. The number of unbranched alkanes of at least 4 members (excludes halogenated alkanes) is 4. The molecule has 1 heterocycles. The molecule has 1 aliphatic heterocycles. The number of hydrogen-bond donors (Lipinski definition) is 3. The second-order valence-electron chi connectivity index (χ2n) is 4.75. The van der Waals surface area contributed by atoms with Crippen molar-refractivity contribution in [3.05, 3.63) is 0 Å². The first-order valence-electron chi connectivity index (χ1n) is 6.58. The van der Waals surface area contributed by atoms with Gasteiger partial charge in [-0.1, -0.05) is 25.7 Å². The lowest BCUT2D eigenvalue weighted by molar-refractivity contribution is 0.0429. The van der Waals surface area contributed by atoms with Crippen molar-refractivity contribution >= 4 is 18.5 Å². The Morgan fingerprint density at radius 1 is 1.17 bits per heavy atom. The van der Waals surface area contributed by atoms with Crippen LogP contribution in [0, 0.1) is 0 Å². The summed E-state index contributed by atoms with van der Waals surface area (Å²) in [5.41, 5.74) is 5.66. The third-order valence-electron chi connectivity index (χ3n) is 3.07. The largest absolute Gasteiger partial charge is 0.360 e. The molecule has 0 unspecified atom stereocenters. The van der Waals surface area contributed by atoms with Crippen molar-refractivity contribution in [1.29, 1.82) is 0 Å². The van der Waals surface area contributed by atoms with Gasteiger partial charge in [-0.05, 0) is 37.5 Å². The lowest BCUT2D eigenvalue weighted by Crippen LogP contribution is -2.19. The highest BCUT2D eigenvalue weighted by atomic mass is 32.5. The van der Waals surface area contributed by atoms with E-state index in [1.54, 1.807) is 0 Å². The standard InChI is InChI=1S/C11H24NO4PS/c12-11-8-7-10(16-11)6-4-2-1-3-5-9-15-17(13,14)18/h10-11H,1-9,12H2,(H2,13,14,18)/t10-,11-/m1/s1. The normalized spacial score (nSPS) is 24.6. The van der Waals surface area contributed by atoms with Crippen LogP contribution in [0.5, 0.6) is 0 Å². The van der Waals surface area contributed by atoms with Crippen LogP contribution < -0.4 is 5.73 Å². The second-order valence-corrected chi connectivity index (χ2v) is 7.42. The van der Waals surface area contributed by atoms with Crippen molar-refractivity contribution in [3.8, 4) is 0 Å². The Kier molecular flexibility index (Phi) is 7.87. The van der Waals surface area contributed by atoms with Crippen LogP contribution in [-0.2, 0) is 21.1 Å². The molecule has 7 heteroatoms. The third kappa shape index (κ3) is 8.53. The van der Waals surface area contributed by atoms with Gasteiger partial charge in [0.1, 0.15) is 6.23 Å². The quantitative estimate of drug-likeness (QED) is 0.446. The molecule has 0 saturated carbocycles. The maximum atomic E-state index is 8.84. The first kappa shape index (κ1) is 16.5. The SMILES string of the molecule is N[C@H]1CC[C@@H](CCCCCCCOP(O)(O)=S)O1. The zero-order valence-corrected chi connectivity index (χ0v) is 12.4. The van der Waals surface area contributed by atoms with Gasteiger partial charge in [0.25, 0.3) is 0 Å². The van der Waals surface area contributed by atoms with Gasteiger partial charge >= 0.3 is 6.72 Å². The van der Waals surface area contributed by atoms with Gasteiger partial charge in [-0.15, -0.1) is 0 Å². The van der Waals surface area contributed by atoms with Crippen molar-refractivity contribution in [2.45, 2.75) is 63.7 Å². The molecular formula is C11H24NO4PS. The highest BCUT2D eigenvalue weighted by Crippen LogP contribution is 2.36. The minimum Gasteiger partial charge on any atom is -0.360 e. The topological polar surface area (TPSA) is 84.9 Å². The summed E-state index contributed by atoms with van der Waals surface area (Å²) < 4.78 is 10.3. The zero-order chi connectivity index (χ0) is 13.4. The molecule has 1 saturated heterocycles. The zero-order valence-electron chi connectivity index (χ0n) is 10.7. The van der Waals surface area contributed by atoms with E-state index in [4.69, 9.17) is 24.8 Å². The van der Waals surface area contributed by atoms with E-state index in [0.717, 1.165) is 44.9 Å². The lowest BCUT2D eigenvalue weighted by atomic mass is 10.1. The molecule has 0 bridgehead atoms. The molecule has 5 nitrogen and oxygen atoms in total. The summed E-state index contributed by atoms with van der Waals surface area (Å²) >= 11 is 4.35. The average Bonchev–Trinajstić information content (AvgIpc) is 2.67. The minimum atomic E-state index is -3.44. The van der Waals surface area contributed by atoms with Gasteiger partial charge in [0.15, 0.2) is 0 Å². The molecule has 0 amide bonds. The Bertz CT molecular complexity index is 274. The van der Waals surface area contributed by atoms with Crippen LogP contribution in [0.2, 0.25) is 0 Å². The predicted octanol–water partition coefficient (Wildman–Crippen LogP) is 2.02. The van der Waals surface area contributed by atoms with Crippen LogP contribution in [0.15, 0.2) is 0 Å². The first-order valence-corrected chi connectivity index (χ1v) is 9.21. The summed E-state index contributed by atoms with van der Waals surface area (Å²) in [5.74, 6) is 0. The van der Waals surface area contributed by atoms with E-state index < -0.39 is 6.72 Å². The molecule has 1 aliphatic rings. The maximum Gasteiger partial charge on any atom is 0.321 e. The molecule has 2 atom stereocenters. The van der Waals surface area contributed by atoms with Crippen LogP contribution in [0.1, 0.15) is 51.4 Å². The predicted molar refractivity (Wildman–Crippen MR) is 74.5 cm³/mol. The van der Waals surface area contributed by atoms with Crippen LogP contribution >= 0.6 is 6.72 Å². The Hall–Kier alpha value is 0.450. The average molecular weight is 297 g/mol. The van der Waals surface area contributed by atoms with Gasteiger partial charge in [0.05, 0.1) is 12.7 Å². The van der Waals surface area contributed by atoms with E-state index >= 15 is 0 Å². The van der Waals surface area contributed by atoms with Gasteiger partial charge < -0.3 is 24.8 Å². The number of nitrogens with two attached hydrogens (primary N) is 1. The number of ether oxygens (including phenoxy) is 1. The molecule has 0 aromatic heterocycles. The fraction of sp³-hybridized carbons (Fsp3) is 1.00. The van der Waals surface area contributed by atoms with Gasteiger partial charge in [-0.2, -0.15) is 0 Å². The number of hydrogen-bond acceptors (Lipinski definition) is 4. The molecule has 0 radical (unpaired) electrons. The van der Waals surface area contributed by atoms with Crippen molar-refractivity contribution < 1.29 is 19.0 Å². The summed E-state index contributed by atoms with van der Waals surface area (Å²) in [6.45, 7) is -3.10. The Morgan fingerprint density at radius 2 is 1.83 bits per heavy atom. The van der Waals surface area contributed by atoms with Gasteiger partial charge in [-0.25, -0.2) is 0 Å². The molecule has 4 N–H and O–H groups in total. The molecular weight excluding hydrogens is 273 g/mol. The Labute approximate surface area is 114 Å². The molecule has 1 fully saturated rings. The van der Waals surface area contributed by atoms with E-state index in [2.05, 4.69) is 11.8 Å². The van der Waals surface area contributed by atoms with E-state index in [9.17, 15) is 0 Å². The summed E-state index contributed by atoms with van der Waals surface area (Å²) in [4.78, 5) is 17.7. The van der Waals surface area contributed by atoms with Crippen LogP contribution in [-0.4, -0.2) is 28.7 Å². The molecule has 0 aromatic rings. The van der Waals surface area contributed by atoms with E-state index in [-0.39, 0.29) is 6.23 Å². The summed E-state index contributed by atoms with van der Waals surface area (Å²) in [6, 6.07) is 0. The molecule has 18 heavy (non-hydrogen) atoms. The monoisotopic (exact) mass is 297 g/mol. The molecule has 1 rings (SSSR count). The summed E-state index contributed by atoms with van der Waals surface area (Å²) in [6.07, 6.45) is 8.79. The van der Waals surface area contributed by atoms with Crippen LogP contribution in [0.3, 0.4) is 0 Å². The van der Waals surface area contributed by atoms with Crippen molar-refractivity contribution in [3.63, 3.8) is 0 Å². The second kappa shape index (κ2) is 8.59. The van der Waals surface area contributed by atoms with E-state index in [0.29, 0.717) is 12.7 Å². The van der Waals surface area contributed by atoms with Gasteiger partial charge in [-0.3, -0.25) is 0 Å². The molecule has 0 aromatic carbocycles. The van der Waals surface area contributed by atoms with Crippen LogP contribution in [0.25, 0.3) is 0 Å². The van der Waals surface area contributed by atoms with E-state index in [1.807, 2.05) is 0 Å². The Morgan fingerprint density at radius 3 is 2.44 bits per heavy atom. The first-order chi connectivity index (χ1) is 8.47. The van der Waals surface area contributed by atoms with Crippen LogP contribution in [0.4, 0.5) is 0 Å². The molecule has 0 aliphatic carbocycles. The molecule has 108 valence electrons. The highest BCUT2D eigenvalue weighted by Gasteiger charge is 2.21. The summed E-state index contributed by atoms with van der Waals surface area (Å²) in [5, 5.41) is 0. The highest BCUT2D eigenvalue weighted by molar-refractivity contribution is 8.06. The summed E-state index contributed by atoms with van der Waals surface area (Å²) in [7, 11) is 0. The lowest BCUT2D eigenvalue weighted by Gasteiger charge is -2.10. The smallest absolute Gasteiger partial charge is 0.321 e. The van der Waals surface area contributed by atoms with Crippen molar-refractivity contribution in [2.75, 3.05) is 6.61 Å².